The van der Waals surface area contributed by atoms with E-state index in [2.05, 4.69) is 20.5 Å². The van der Waals surface area contributed by atoms with Gasteiger partial charge in [0, 0.05) is 23.5 Å². The van der Waals surface area contributed by atoms with Crippen LogP contribution in [0.3, 0.4) is 0 Å². The number of anilines is 1. The number of aromatic nitrogens is 5. The summed E-state index contributed by atoms with van der Waals surface area (Å²) < 4.78 is 12.7. The van der Waals surface area contributed by atoms with Crippen LogP contribution in [0, 0.1) is 6.92 Å². The highest BCUT2D eigenvalue weighted by Gasteiger charge is 2.33. The van der Waals surface area contributed by atoms with E-state index in [9.17, 15) is 4.79 Å². The summed E-state index contributed by atoms with van der Waals surface area (Å²) in [5.41, 5.74) is 4.22. The largest absolute Gasteiger partial charge is 0.497 e. The minimum atomic E-state index is -0.166. The fourth-order valence-corrected chi connectivity index (χ4v) is 4.34. The molecule has 0 aliphatic carbocycles. The van der Waals surface area contributed by atoms with Crippen LogP contribution in [0.1, 0.15) is 43.0 Å². The highest BCUT2D eigenvalue weighted by atomic mass is 16.5. The molecule has 1 aliphatic rings. The monoisotopic (exact) mass is 470 g/mol. The zero-order chi connectivity index (χ0) is 24.5. The van der Waals surface area contributed by atoms with E-state index in [4.69, 9.17) is 14.6 Å². The highest BCUT2D eigenvalue weighted by molar-refractivity contribution is 5.95. The number of rotatable bonds is 6. The summed E-state index contributed by atoms with van der Waals surface area (Å²) >= 11 is 0. The average molecular weight is 471 g/mol. The maximum atomic E-state index is 12.8. The van der Waals surface area contributed by atoms with E-state index < -0.39 is 0 Å². The summed E-state index contributed by atoms with van der Waals surface area (Å²) in [6, 6.07) is 15.4. The number of ether oxygens (including phenoxy) is 2. The number of hydrogen-bond donors (Lipinski definition) is 1. The molecule has 0 saturated carbocycles. The van der Waals surface area contributed by atoms with Crippen molar-refractivity contribution in [2.45, 2.75) is 39.2 Å². The molecule has 3 heterocycles. The van der Waals surface area contributed by atoms with Crippen LogP contribution in [0.4, 0.5) is 5.82 Å². The van der Waals surface area contributed by atoms with Crippen molar-refractivity contribution in [1.82, 2.24) is 25.0 Å². The first-order chi connectivity index (χ1) is 16.9. The maximum Gasteiger partial charge on any atom is 0.272 e. The fraction of sp³-hybridized carbons (Fsp3) is 0.269. The number of hydrogen-bond acceptors (Lipinski definition) is 7. The van der Waals surface area contributed by atoms with E-state index in [0.717, 1.165) is 33.9 Å². The molecule has 0 bridgehead atoms. The van der Waals surface area contributed by atoms with E-state index in [-0.39, 0.29) is 23.9 Å². The van der Waals surface area contributed by atoms with E-state index in [1.807, 2.05) is 69.3 Å². The molecular formula is C26H26N6O3. The van der Waals surface area contributed by atoms with Crippen LogP contribution in [-0.4, -0.2) is 44.1 Å². The van der Waals surface area contributed by atoms with Gasteiger partial charge in [-0.3, -0.25) is 4.79 Å². The second-order valence-electron chi connectivity index (χ2n) is 8.67. The van der Waals surface area contributed by atoms with E-state index in [1.165, 1.54) is 0 Å². The predicted octanol–water partition coefficient (Wildman–Crippen LogP) is 4.30. The number of aryl methyl sites for hydroxylation is 1. The summed E-state index contributed by atoms with van der Waals surface area (Å²) in [5, 5.41) is 16.0. The Hall–Kier alpha value is -4.27. The van der Waals surface area contributed by atoms with Gasteiger partial charge < -0.3 is 14.8 Å². The van der Waals surface area contributed by atoms with Crippen molar-refractivity contribution in [2.75, 3.05) is 12.4 Å². The minimum absolute atomic E-state index is 0.0579. The third-order valence-corrected chi connectivity index (χ3v) is 5.86. The van der Waals surface area contributed by atoms with Crippen molar-refractivity contribution >= 4 is 11.7 Å². The van der Waals surface area contributed by atoms with Gasteiger partial charge in [0.1, 0.15) is 17.3 Å². The number of nitrogens with zero attached hydrogens (tertiary/aromatic N) is 5. The van der Waals surface area contributed by atoms with Gasteiger partial charge in [0.2, 0.25) is 5.91 Å². The van der Waals surface area contributed by atoms with Crippen LogP contribution in [0.5, 0.6) is 11.5 Å². The lowest BCUT2D eigenvalue weighted by Gasteiger charge is -2.24. The lowest BCUT2D eigenvalue weighted by molar-refractivity contribution is -0.116. The molecule has 0 radical (unpaired) electrons. The maximum absolute atomic E-state index is 12.8. The fourth-order valence-electron chi connectivity index (χ4n) is 4.34. The van der Waals surface area contributed by atoms with Crippen LogP contribution in [-0.2, 0) is 4.79 Å². The Morgan fingerprint density at radius 1 is 1.11 bits per heavy atom. The molecule has 0 saturated heterocycles. The normalized spacial score (nSPS) is 15.0. The molecule has 2 aromatic carbocycles. The predicted molar refractivity (Wildman–Crippen MR) is 131 cm³/mol. The Kier molecular flexibility index (Phi) is 5.90. The Balaban J connectivity index is 1.55. The minimum Gasteiger partial charge on any atom is -0.497 e. The topological polar surface area (TPSA) is 104 Å². The van der Waals surface area contributed by atoms with Gasteiger partial charge in [-0.15, -0.1) is 5.10 Å². The third-order valence-electron chi connectivity index (χ3n) is 5.86. The van der Waals surface area contributed by atoms with E-state index in [1.54, 1.807) is 18.0 Å². The Labute approximate surface area is 203 Å². The van der Waals surface area contributed by atoms with Crippen LogP contribution in [0.25, 0.3) is 17.2 Å². The molecule has 4 aromatic rings. The van der Waals surface area contributed by atoms with Gasteiger partial charge in [0.25, 0.3) is 5.95 Å². The second kappa shape index (κ2) is 9.17. The van der Waals surface area contributed by atoms with E-state index in [0.29, 0.717) is 17.9 Å². The van der Waals surface area contributed by atoms with Crippen molar-refractivity contribution in [3.05, 3.63) is 71.5 Å². The lowest BCUT2D eigenvalue weighted by Crippen LogP contribution is -2.25. The van der Waals surface area contributed by atoms with Crippen LogP contribution in [0.2, 0.25) is 0 Å². The molecule has 9 nitrogen and oxygen atoms in total. The number of benzene rings is 2. The van der Waals surface area contributed by atoms with E-state index >= 15 is 0 Å². The second-order valence-corrected chi connectivity index (χ2v) is 8.67. The molecule has 1 amide bonds. The zero-order valence-corrected chi connectivity index (χ0v) is 20.0. The highest BCUT2D eigenvalue weighted by Crippen LogP contribution is 2.40. The van der Waals surface area contributed by atoms with Crippen molar-refractivity contribution < 1.29 is 14.3 Å². The molecule has 1 atom stereocenters. The first kappa shape index (κ1) is 22.5. The van der Waals surface area contributed by atoms with Gasteiger partial charge in [-0.1, -0.05) is 12.1 Å². The Morgan fingerprint density at radius 2 is 1.91 bits per heavy atom. The van der Waals surface area contributed by atoms with Crippen molar-refractivity contribution in [2.24, 2.45) is 0 Å². The summed E-state index contributed by atoms with van der Waals surface area (Å²) in [5.74, 6) is 2.10. The summed E-state index contributed by atoms with van der Waals surface area (Å²) in [6.07, 6.45) is 1.97. The smallest absolute Gasteiger partial charge is 0.272 e. The standard InChI is InChI=1S/C26H26N6O3/c1-15(2)35-20-7-5-6-18(12-20)21-13-23(33)29-25-24(21)16(3)31-32(25)26-28-22(14-27-30-26)17-8-10-19(34-4)11-9-17/h5-12,14-15,21H,13H2,1-4H3,(H,29,33). The molecule has 1 unspecified atom stereocenters. The molecular weight excluding hydrogens is 444 g/mol. The molecule has 2 aromatic heterocycles. The third kappa shape index (κ3) is 4.44. The first-order valence-electron chi connectivity index (χ1n) is 11.4. The SMILES string of the molecule is COc1ccc(-c2cnnc(-n3nc(C)c4c3NC(=O)CC4c3cccc(OC(C)C)c3)n2)cc1. The number of methoxy groups -OCH3 is 1. The van der Waals surface area contributed by atoms with Crippen LogP contribution >= 0.6 is 0 Å². The van der Waals surface area contributed by atoms with Gasteiger partial charge in [-0.05, 0) is 62.7 Å². The molecule has 1 aliphatic heterocycles. The molecule has 1 N–H and O–H groups in total. The Morgan fingerprint density at radius 3 is 2.66 bits per heavy atom. The zero-order valence-electron chi connectivity index (χ0n) is 20.0. The molecule has 5 rings (SSSR count). The average Bonchev–Trinajstić information content (AvgIpc) is 3.19. The van der Waals surface area contributed by atoms with Crippen molar-refractivity contribution in [1.29, 1.82) is 0 Å². The Bertz CT molecular complexity index is 1380. The lowest BCUT2D eigenvalue weighted by atomic mass is 9.86. The molecule has 9 heteroatoms. The number of carbonyl (C=O) groups is 1. The molecule has 0 fully saturated rings. The quantitative estimate of drug-likeness (QED) is 0.448. The van der Waals surface area contributed by atoms with Gasteiger partial charge >= 0.3 is 0 Å². The van der Waals surface area contributed by atoms with Crippen molar-refractivity contribution in [3.63, 3.8) is 0 Å². The van der Waals surface area contributed by atoms with Crippen molar-refractivity contribution in [3.8, 4) is 28.7 Å². The van der Waals surface area contributed by atoms with Crippen LogP contribution in [0.15, 0.2) is 54.7 Å². The van der Waals surface area contributed by atoms with Gasteiger partial charge in [-0.2, -0.15) is 14.9 Å². The summed E-state index contributed by atoms with van der Waals surface area (Å²) in [7, 11) is 1.62. The number of nitrogens with one attached hydrogen (secondary N) is 1. The van der Waals surface area contributed by atoms with Gasteiger partial charge in [0.15, 0.2) is 0 Å². The van der Waals surface area contributed by atoms with Crippen LogP contribution < -0.4 is 14.8 Å². The number of fused-ring (bicyclic) bond motifs is 1. The number of amides is 1. The van der Waals surface area contributed by atoms with Gasteiger partial charge in [0.05, 0.1) is 30.8 Å². The first-order valence-corrected chi connectivity index (χ1v) is 11.4. The van der Waals surface area contributed by atoms with Gasteiger partial charge in [-0.25, -0.2) is 4.98 Å². The molecule has 35 heavy (non-hydrogen) atoms. The summed E-state index contributed by atoms with van der Waals surface area (Å²) in [4.78, 5) is 17.4. The number of carbonyl (C=O) groups excluding carboxylic acids is 1. The summed E-state index contributed by atoms with van der Waals surface area (Å²) in [6.45, 7) is 5.90. The molecule has 178 valence electrons. The molecule has 0 spiro atoms.